The first-order valence-electron chi connectivity index (χ1n) is 12.4. The van der Waals surface area contributed by atoms with Gasteiger partial charge in [-0.05, 0) is 60.7 Å². The van der Waals surface area contributed by atoms with E-state index in [0.29, 0.717) is 12.5 Å². The predicted octanol–water partition coefficient (Wildman–Crippen LogP) is 7.72. The van der Waals surface area contributed by atoms with Gasteiger partial charge in [0.15, 0.2) is 0 Å². The molecule has 0 aromatic heterocycles. The summed E-state index contributed by atoms with van der Waals surface area (Å²) < 4.78 is 0. The van der Waals surface area contributed by atoms with Crippen molar-refractivity contribution < 1.29 is 5.11 Å². The molecule has 3 aliphatic rings. The van der Waals surface area contributed by atoms with Gasteiger partial charge in [0.05, 0.1) is 0 Å². The second kappa shape index (κ2) is 13.2. The van der Waals surface area contributed by atoms with Crippen LogP contribution in [0, 0.1) is 41.4 Å². The molecule has 0 aliphatic heterocycles. The molecule has 0 radical (unpaired) electrons. The van der Waals surface area contributed by atoms with E-state index in [4.69, 9.17) is 0 Å². The van der Waals surface area contributed by atoms with Gasteiger partial charge in [-0.2, -0.15) is 0 Å². The highest BCUT2D eigenvalue weighted by molar-refractivity contribution is 4.95. The summed E-state index contributed by atoms with van der Waals surface area (Å²) in [6.07, 6.45) is 15.8. The fourth-order valence-corrected chi connectivity index (χ4v) is 6.81. The summed E-state index contributed by atoms with van der Waals surface area (Å²) in [6.45, 7) is 13.3. The molecular formula is C25H50O. The Kier molecular flexibility index (Phi) is 12.2. The van der Waals surface area contributed by atoms with E-state index in [1.807, 2.05) is 27.7 Å². The van der Waals surface area contributed by atoms with Crippen LogP contribution in [0.1, 0.15) is 112 Å². The van der Waals surface area contributed by atoms with E-state index in [-0.39, 0.29) is 0 Å². The fourth-order valence-electron chi connectivity index (χ4n) is 6.81. The molecule has 0 aromatic rings. The summed E-state index contributed by atoms with van der Waals surface area (Å²) in [5, 5.41) is 9.92. The standard InChI is InChI=1S/C21H38O.2C2H6/c1-3-7-19-17(14-22)13-12-15(2)21(19)20-11-6-9-16-8-4-5-10-18(16)20;2*1-2/h15-22H,3-14H2,1-2H3;2*1-2H3. The van der Waals surface area contributed by atoms with Gasteiger partial charge in [-0.15, -0.1) is 0 Å². The molecule has 26 heavy (non-hydrogen) atoms. The lowest BCUT2D eigenvalue weighted by molar-refractivity contribution is -0.0374. The monoisotopic (exact) mass is 366 g/mol. The Labute approximate surface area is 165 Å². The van der Waals surface area contributed by atoms with Crippen LogP contribution in [0.5, 0.6) is 0 Å². The smallest absolute Gasteiger partial charge is 0.0462 e. The lowest BCUT2D eigenvalue weighted by atomic mass is 9.53. The average Bonchev–Trinajstić information content (AvgIpc) is 2.71. The molecule has 3 fully saturated rings. The predicted molar refractivity (Wildman–Crippen MR) is 116 cm³/mol. The maximum Gasteiger partial charge on any atom is 0.0462 e. The number of rotatable bonds is 4. The highest BCUT2D eigenvalue weighted by Gasteiger charge is 2.46. The van der Waals surface area contributed by atoms with E-state index in [1.165, 1.54) is 70.6 Å². The number of hydrogen-bond donors (Lipinski definition) is 1. The Morgan fingerprint density at radius 3 is 2.04 bits per heavy atom. The number of aliphatic hydroxyl groups is 1. The lowest BCUT2D eigenvalue weighted by Gasteiger charge is -2.52. The third kappa shape index (κ3) is 5.73. The van der Waals surface area contributed by atoms with Crippen LogP contribution in [0.2, 0.25) is 0 Å². The van der Waals surface area contributed by atoms with Crippen molar-refractivity contribution in [3.63, 3.8) is 0 Å². The van der Waals surface area contributed by atoms with Gasteiger partial charge >= 0.3 is 0 Å². The molecule has 0 saturated heterocycles. The largest absolute Gasteiger partial charge is 0.396 e. The Morgan fingerprint density at radius 2 is 1.38 bits per heavy atom. The van der Waals surface area contributed by atoms with Crippen molar-refractivity contribution in [1.29, 1.82) is 0 Å². The minimum atomic E-state index is 0.439. The van der Waals surface area contributed by atoms with Gasteiger partial charge < -0.3 is 5.11 Å². The summed E-state index contributed by atoms with van der Waals surface area (Å²) in [6, 6.07) is 0. The van der Waals surface area contributed by atoms with Crippen molar-refractivity contribution in [2.24, 2.45) is 41.4 Å². The van der Waals surface area contributed by atoms with Crippen molar-refractivity contribution in [2.45, 2.75) is 112 Å². The molecule has 7 unspecified atom stereocenters. The molecule has 3 saturated carbocycles. The molecule has 0 bridgehead atoms. The highest BCUT2D eigenvalue weighted by Crippen LogP contribution is 2.54. The zero-order chi connectivity index (χ0) is 19.5. The molecule has 0 heterocycles. The minimum absolute atomic E-state index is 0.439. The van der Waals surface area contributed by atoms with E-state index in [0.717, 1.165) is 35.5 Å². The summed E-state index contributed by atoms with van der Waals surface area (Å²) >= 11 is 0. The number of hydrogen-bond acceptors (Lipinski definition) is 1. The van der Waals surface area contributed by atoms with Crippen molar-refractivity contribution >= 4 is 0 Å². The van der Waals surface area contributed by atoms with Gasteiger partial charge in [0.1, 0.15) is 0 Å². The third-order valence-corrected chi connectivity index (χ3v) is 7.73. The first-order valence-corrected chi connectivity index (χ1v) is 12.4. The summed E-state index contributed by atoms with van der Waals surface area (Å²) in [5.74, 6) is 6.29. The Hall–Kier alpha value is -0.0400. The normalized spacial score (nSPS) is 39.6. The molecule has 156 valence electrons. The molecule has 3 aliphatic carbocycles. The fraction of sp³-hybridized carbons (Fsp3) is 1.00. The zero-order valence-corrected chi connectivity index (χ0v) is 19.0. The van der Waals surface area contributed by atoms with Gasteiger partial charge in [0.25, 0.3) is 0 Å². The van der Waals surface area contributed by atoms with Gasteiger partial charge in [-0.3, -0.25) is 0 Å². The van der Waals surface area contributed by atoms with Crippen LogP contribution < -0.4 is 0 Å². The Bertz CT molecular complexity index is 337. The van der Waals surface area contributed by atoms with Crippen molar-refractivity contribution in [2.75, 3.05) is 6.61 Å². The first kappa shape index (κ1) is 24.0. The molecule has 1 N–H and O–H groups in total. The molecule has 0 spiro atoms. The molecule has 3 rings (SSSR count). The van der Waals surface area contributed by atoms with Crippen LogP contribution in [0.15, 0.2) is 0 Å². The third-order valence-electron chi connectivity index (χ3n) is 7.73. The molecule has 0 aromatic carbocycles. The molecule has 1 heteroatoms. The van der Waals surface area contributed by atoms with E-state index < -0.39 is 0 Å². The molecule has 1 nitrogen and oxygen atoms in total. The average molecular weight is 367 g/mol. The molecule has 0 amide bonds. The van der Waals surface area contributed by atoms with E-state index in [1.54, 1.807) is 0 Å². The van der Waals surface area contributed by atoms with Gasteiger partial charge in [0, 0.05) is 6.61 Å². The second-order valence-corrected chi connectivity index (χ2v) is 8.83. The lowest BCUT2D eigenvalue weighted by Crippen LogP contribution is -2.45. The highest BCUT2D eigenvalue weighted by atomic mass is 16.3. The van der Waals surface area contributed by atoms with Crippen molar-refractivity contribution in [3.05, 3.63) is 0 Å². The van der Waals surface area contributed by atoms with Crippen LogP contribution in [-0.4, -0.2) is 11.7 Å². The van der Waals surface area contributed by atoms with Gasteiger partial charge in [-0.25, -0.2) is 0 Å². The topological polar surface area (TPSA) is 20.2 Å². The minimum Gasteiger partial charge on any atom is -0.396 e. The number of aliphatic hydroxyl groups excluding tert-OH is 1. The first-order chi connectivity index (χ1) is 12.8. The van der Waals surface area contributed by atoms with E-state index >= 15 is 0 Å². The maximum atomic E-state index is 9.92. The number of fused-ring (bicyclic) bond motifs is 1. The Morgan fingerprint density at radius 1 is 0.769 bits per heavy atom. The summed E-state index contributed by atoms with van der Waals surface area (Å²) in [5.41, 5.74) is 0. The van der Waals surface area contributed by atoms with Crippen LogP contribution in [-0.2, 0) is 0 Å². The quantitative estimate of drug-likeness (QED) is 0.540. The van der Waals surface area contributed by atoms with Crippen molar-refractivity contribution in [1.82, 2.24) is 0 Å². The second-order valence-electron chi connectivity index (χ2n) is 8.83. The van der Waals surface area contributed by atoms with Gasteiger partial charge in [0.2, 0.25) is 0 Å². The van der Waals surface area contributed by atoms with E-state index in [2.05, 4.69) is 13.8 Å². The maximum absolute atomic E-state index is 9.92. The summed E-state index contributed by atoms with van der Waals surface area (Å²) in [7, 11) is 0. The Balaban J connectivity index is 0.000000791. The van der Waals surface area contributed by atoms with Gasteiger partial charge in [-0.1, -0.05) is 92.9 Å². The van der Waals surface area contributed by atoms with Crippen LogP contribution in [0.4, 0.5) is 0 Å². The summed E-state index contributed by atoms with van der Waals surface area (Å²) in [4.78, 5) is 0. The van der Waals surface area contributed by atoms with Crippen LogP contribution >= 0.6 is 0 Å². The van der Waals surface area contributed by atoms with Crippen LogP contribution in [0.25, 0.3) is 0 Å². The SMILES string of the molecule is CC.CC.CCCC1C(CO)CCC(C)C1C1CCCC2CCCCC21. The molecular weight excluding hydrogens is 316 g/mol. The molecule has 7 atom stereocenters. The van der Waals surface area contributed by atoms with Crippen molar-refractivity contribution in [3.8, 4) is 0 Å². The zero-order valence-electron chi connectivity index (χ0n) is 19.0. The van der Waals surface area contributed by atoms with E-state index in [9.17, 15) is 5.11 Å². The van der Waals surface area contributed by atoms with Crippen LogP contribution in [0.3, 0.4) is 0 Å².